The average Bonchev–Trinajstić information content (AvgIpc) is 2.26. The number of benzene rings is 1. The van der Waals surface area contributed by atoms with E-state index in [2.05, 4.69) is 50.4 Å². The molecule has 2 unspecified atom stereocenters. The summed E-state index contributed by atoms with van der Waals surface area (Å²) >= 11 is 0. The van der Waals surface area contributed by atoms with Gasteiger partial charge in [0.25, 0.3) is 0 Å². The standard InChI is InChI=1S/C14H23NO/c1-11-6-4-8-14(10-11)13(3)15-12(2)7-5-9-16/h4,6,8,10,12-13,15-16H,5,7,9H2,1-3H3. The van der Waals surface area contributed by atoms with E-state index in [1.807, 2.05) is 0 Å². The van der Waals surface area contributed by atoms with Crippen LogP contribution in [0.2, 0.25) is 0 Å². The topological polar surface area (TPSA) is 32.3 Å². The summed E-state index contributed by atoms with van der Waals surface area (Å²) in [6, 6.07) is 9.41. The molecule has 0 radical (unpaired) electrons. The second kappa shape index (κ2) is 6.66. The first-order valence-corrected chi connectivity index (χ1v) is 6.07. The molecule has 1 rings (SSSR count). The van der Waals surface area contributed by atoms with E-state index in [-0.39, 0.29) is 6.61 Å². The third kappa shape index (κ3) is 4.33. The first kappa shape index (κ1) is 13.2. The average molecular weight is 221 g/mol. The molecular weight excluding hydrogens is 198 g/mol. The van der Waals surface area contributed by atoms with Crippen molar-refractivity contribution in [2.75, 3.05) is 6.61 Å². The Balaban J connectivity index is 2.48. The monoisotopic (exact) mass is 221 g/mol. The Bertz CT molecular complexity index is 311. The predicted molar refractivity (Wildman–Crippen MR) is 68.5 cm³/mol. The maximum Gasteiger partial charge on any atom is 0.0431 e. The zero-order valence-corrected chi connectivity index (χ0v) is 10.5. The second-order valence-electron chi connectivity index (χ2n) is 4.57. The molecule has 0 fully saturated rings. The number of hydrogen-bond acceptors (Lipinski definition) is 2. The van der Waals surface area contributed by atoms with Crippen molar-refractivity contribution in [1.82, 2.24) is 5.32 Å². The molecule has 1 aromatic rings. The van der Waals surface area contributed by atoms with Gasteiger partial charge in [0, 0.05) is 18.7 Å². The molecule has 0 bridgehead atoms. The quantitative estimate of drug-likeness (QED) is 0.774. The number of aliphatic hydroxyl groups is 1. The smallest absolute Gasteiger partial charge is 0.0431 e. The van der Waals surface area contributed by atoms with Crippen LogP contribution in [0.25, 0.3) is 0 Å². The minimum absolute atomic E-state index is 0.283. The van der Waals surface area contributed by atoms with Crippen molar-refractivity contribution in [1.29, 1.82) is 0 Å². The van der Waals surface area contributed by atoms with Crippen molar-refractivity contribution < 1.29 is 5.11 Å². The summed E-state index contributed by atoms with van der Waals surface area (Å²) in [6.45, 7) is 6.75. The van der Waals surface area contributed by atoms with E-state index in [9.17, 15) is 0 Å². The van der Waals surface area contributed by atoms with Crippen LogP contribution in [-0.4, -0.2) is 17.8 Å². The summed E-state index contributed by atoms with van der Waals surface area (Å²) in [6.07, 6.45) is 1.89. The highest BCUT2D eigenvalue weighted by molar-refractivity contribution is 5.24. The molecule has 2 nitrogen and oxygen atoms in total. The van der Waals surface area contributed by atoms with Crippen LogP contribution in [0.1, 0.15) is 43.9 Å². The van der Waals surface area contributed by atoms with Crippen molar-refractivity contribution in [3.63, 3.8) is 0 Å². The highest BCUT2D eigenvalue weighted by Gasteiger charge is 2.08. The molecule has 16 heavy (non-hydrogen) atoms. The van der Waals surface area contributed by atoms with Gasteiger partial charge in [-0.3, -0.25) is 0 Å². The van der Waals surface area contributed by atoms with Crippen LogP contribution in [0.5, 0.6) is 0 Å². The summed E-state index contributed by atoms with van der Waals surface area (Å²) in [4.78, 5) is 0. The molecule has 0 aliphatic rings. The molecule has 0 saturated carbocycles. The van der Waals surface area contributed by atoms with Crippen LogP contribution in [0, 0.1) is 6.92 Å². The van der Waals surface area contributed by atoms with Crippen LogP contribution in [-0.2, 0) is 0 Å². The zero-order chi connectivity index (χ0) is 12.0. The van der Waals surface area contributed by atoms with Gasteiger partial charge in [0.05, 0.1) is 0 Å². The number of hydrogen-bond donors (Lipinski definition) is 2. The molecule has 0 heterocycles. The SMILES string of the molecule is Cc1cccc(C(C)NC(C)CCCO)c1. The fraction of sp³-hybridized carbons (Fsp3) is 0.571. The summed E-state index contributed by atoms with van der Waals surface area (Å²) in [5.74, 6) is 0. The van der Waals surface area contributed by atoms with Gasteiger partial charge in [-0.25, -0.2) is 0 Å². The third-order valence-electron chi connectivity index (χ3n) is 2.87. The van der Waals surface area contributed by atoms with Crippen LogP contribution in [0.4, 0.5) is 0 Å². The van der Waals surface area contributed by atoms with Gasteiger partial charge >= 0.3 is 0 Å². The molecule has 0 aliphatic heterocycles. The van der Waals surface area contributed by atoms with Gasteiger partial charge in [0.15, 0.2) is 0 Å². The van der Waals surface area contributed by atoms with Gasteiger partial charge in [-0.1, -0.05) is 29.8 Å². The van der Waals surface area contributed by atoms with Gasteiger partial charge < -0.3 is 10.4 Å². The lowest BCUT2D eigenvalue weighted by Gasteiger charge is -2.20. The van der Waals surface area contributed by atoms with E-state index in [1.54, 1.807) is 0 Å². The largest absolute Gasteiger partial charge is 0.396 e. The van der Waals surface area contributed by atoms with Crippen LogP contribution >= 0.6 is 0 Å². The Hall–Kier alpha value is -0.860. The molecule has 2 heteroatoms. The first-order valence-electron chi connectivity index (χ1n) is 6.07. The van der Waals surface area contributed by atoms with E-state index in [4.69, 9.17) is 5.11 Å². The van der Waals surface area contributed by atoms with Gasteiger partial charge in [0.1, 0.15) is 0 Å². The lowest BCUT2D eigenvalue weighted by Crippen LogP contribution is -2.29. The van der Waals surface area contributed by atoms with Crippen molar-refractivity contribution in [2.45, 2.75) is 45.7 Å². The number of rotatable bonds is 6. The van der Waals surface area contributed by atoms with E-state index >= 15 is 0 Å². The number of aliphatic hydroxyl groups excluding tert-OH is 1. The summed E-state index contributed by atoms with van der Waals surface area (Å²) in [7, 11) is 0. The van der Waals surface area contributed by atoms with Crippen LogP contribution in [0.3, 0.4) is 0 Å². The zero-order valence-electron chi connectivity index (χ0n) is 10.5. The number of nitrogens with one attached hydrogen (secondary N) is 1. The molecule has 0 amide bonds. The predicted octanol–water partition coefficient (Wildman–Crippen LogP) is 2.81. The Morgan fingerprint density at radius 1 is 1.31 bits per heavy atom. The van der Waals surface area contributed by atoms with Crippen LogP contribution < -0.4 is 5.32 Å². The lowest BCUT2D eigenvalue weighted by atomic mass is 10.0. The Labute approximate surface area is 98.7 Å². The molecule has 1 aromatic carbocycles. The van der Waals surface area contributed by atoms with Crippen molar-refractivity contribution >= 4 is 0 Å². The van der Waals surface area contributed by atoms with Gasteiger partial charge in [-0.15, -0.1) is 0 Å². The molecule has 0 aliphatic carbocycles. The molecule has 90 valence electrons. The minimum Gasteiger partial charge on any atom is -0.396 e. The molecular formula is C14H23NO. The Kier molecular flexibility index (Phi) is 5.50. The Morgan fingerprint density at radius 3 is 2.69 bits per heavy atom. The minimum atomic E-state index is 0.283. The molecule has 0 aromatic heterocycles. The molecule has 0 saturated heterocycles. The normalized spacial score (nSPS) is 14.8. The highest BCUT2D eigenvalue weighted by atomic mass is 16.2. The van der Waals surface area contributed by atoms with E-state index in [0.29, 0.717) is 12.1 Å². The highest BCUT2D eigenvalue weighted by Crippen LogP contribution is 2.15. The van der Waals surface area contributed by atoms with E-state index in [0.717, 1.165) is 12.8 Å². The van der Waals surface area contributed by atoms with E-state index in [1.165, 1.54) is 11.1 Å². The summed E-state index contributed by atoms with van der Waals surface area (Å²) < 4.78 is 0. The summed E-state index contributed by atoms with van der Waals surface area (Å²) in [5, 5.41) is 12.3. The molecule has 2 N–H and O–H groups in total. The fourth-order valence-electron chi connectivity index (χ4n) is 1.94. The van der Waals surface area contributed by atoms with Crippen molar-refractivity contribution in [3.8, 4) is 0 Å². The molecule has 0 spiro atoms. The number of aryl methyl sites for hydroxylation is 1. The van der Waals surface area contributed by atoms with Crippen molar-refractivity contribution in [2.24, 2.45) is 0 Å². The lowest BCUT2D eigenvalue weighted by molar-refractivity contribution is 0.274. The second-order valence-corrected chi connectivity index (χ2v) is 4.57. The summed E-state index contributed by atoms with van der Waals surface area (Å²) in [5.41, 5.74) is 2.63. The molecule has 2 atom stereocenters. The first-order chi connectivity index (χ1) is 7.63. The third-order valence-corrected chi connectivity index (χ3v) is 2.87. The van der Waals surface area contributed by atoms with Crippen LogP contribution in [0.15, 0.2) is 24.3 Å². The fourth-order valence-corrected chi connectivity index (χ4v) is 1.94. The maximum absolute atomic E-state index is 8.77. The van der Waals surface area contributed by atoms with Gasteiger partial charge in [-0.2, -0.15) is 0 Å². The van der Waals surface area contributed by atoms with Gasteiger partial charge in [-0.05, 0) is 39.2 Å². The Morgan fingerprint density at radius 2 is 2.06 bits per heavy atom. The van der Waals surface area contributed by atoms with Gasteiger partial charge in [0.2, 0.25) is 0 Å². The van der Waals surface area contributed by atoms with E-state index < -0.39 is 0 Å². The maximum atomic E-state index is 8.77. The van der Waals surface area contributed by atoms with Crippen molar-refractivity contribution in [3.05, 3.63) is 35.4 Å².